The van der Waals surface area contributed by atoms with Crippen LogP contribution in [0.1, 0.15) is 17.4 Å². The molecule has 1 aromatic heterocycles. The number of nitrogens with zero attached hydrogens (tertiary/aromatic N) is 1. The zero-order valence-electron chi connectivity index (χ0n) is 9.60. The number of ether oxygens (including phenoxy) is 1. The minimum Gasteiger partial charge on any atom is -0.495 e. The summed E-state index contributed by atoms with van der Waals surface area (Å²) in [4.78, 5) is 4.15. The first kappa shape index (κ1) is 13.3. The second-order valence-electron chi connectivity index (χ2n) is 3.64. The molecule has 0 saturated carbocycles. The molecular weight excluding hydrogens is 318 g/mol. The smallest absolute Gasteiger partial charge is 0.143 e. The molecule has 0 saturated heterocycles. The molecule has 0 aliphatic rings. The van der Waals surface area contributed by atoms with E-state index in [4.69, 9.17) is 16.3 Å². The average Bonchev–Trinajstić information content (AvgIpc) is 2.41. The Kier molecular flexibility index (Phi) is 4.22. The summed E-state index contributed by atoms with van der Waals surface area (Å²) >= 11 is 9.49. The van der Waals surface area contributed by atoms with Crippen LogP contribution in [-0.4, -0.2) is 17.2 Å². The van der Waals surface area contributed by atoms with Crippen molar-refractivity contribution in [2.24, 2.45) is 0 Å². The Labute approximate surface area is 119 Å². The highest BCUT2D eigenvalue weighted by molar-refractivity contribution is 9.10. The number of hydrogen-bond donors (Lipinski definition) is 1. The summed E-state index contributed by atoms with van der Waals surface area (Å²) in [5.74, 6) is 0.529. The van der Waals surface area contributed by atoms with Gasteiger partial charge in [-0.15, -0.1) is 0 Å². The maximum atomic E-state index is 10.4. The van der Waals surface area contributed by atoms with Gasteiger partial charge in [0.25, 0.3) is 0 Å². The van der Waals surface area contributed by atoms with E-state index in [9.17, 15) is 5.11 Å². The minimum atomic E-state index is -0.925. The third-order valence-corrected chi connectivity index (χ3v) is 3.87. The van der Waals surface area contributed by atoms with Crippen molar-refractivity contribution in [2.45, 2.75) is 6.10 Å². The number of rotatable bonds is 3. The van der Waals surface area contributed by atoms with Crippen molar-refractivity contribution in [3.05, 3.63) is 57.3 Å². The predicted molar refractivity (Wildman–Crippen MR) is 74.0 cm³/mol. The van der Waals surface area contributed by atoms with Gasteiger partial charge >= 0.3 is 0 Å². The van der Waals surface area contributed by atoms with Gasteiger partial charge in [-0.1, -0.05) is 23.7 Å². The topological polar surface area (TPSA) is 42.4 Å². The lowest BCUT2D eigenvalue weighted by Gasteiger charge is -2.15. The van der Waals surface area contributed by atoms with Crippen LogP contribution in [0.4, 0.5) is 0 Å². The summed E-state index contributed by atoms with van der Waals surface area (Å²) in [5, 5.41) is 10.8. The first-order chi connectivity index (χ1) is 8.65. The van der Waals surface area contributed by atoms with Gasteiger partial charge in [-0.3, -0.25) is 4.98 Å². The van der Waals surface area contributed by atoms with E-state index >= 15 is 0 Å². The third kappa shape index (κ3) is 2.51. The minimum absolute atomic E-state index is 0.444. The quantitative estimate of drug-likeness (QED) is 0.936. The van der Waals surface area contributed by atoms with Crippen LogP contribution in [0.5, 0.6) is 5.75 Å². The van der Waals surface area contributed by atoms with E-state index in [-0.39, 0.29) is 0 Å². The number of benzene rings is 1. The van der Waals surface area contributed by atoms with Gasteiger partial charge < -0.3 is 9.84 Å². The molecule has 0 amide bonds. The van der Waals surface area contributed by atoms with Crippen molar-refractivity contribution in [1.82, 2.24) is 4.98 Å². The van der Waals surface area contributed by atoms with E-state index in [0.717, 1.165) is 4.47 Å². The van der Waals surface area contributed by atoms with Crippen LogP contribution in [0, 0.1) is 0 Å². The molecule has 0 aliphatic heterocycles. The molecule has 94 valence electrons. The average molecular weight is 329 g/mol. The molecule has 1 heterocycles. The highest BCUT2D eigenvalue weighted by atomic mass is 79.9. The maximum Gasteiger partial charge on any atom is 0.143 e. The summed E-state index contributed by atoms with van der Waals surface area (Å²) in [5.41, 5.74) is 1.03. The Hall–Kier alpha value is -1.10. The molecule has 2 aromatic rings. The SMILES string of the molecule is COc1cccnc1C(O)c1cccc(Br)c1Cl. The van der Waals surface area contributed by atoms with Crippen LogP contribution < -0.4 is 4.74 Å². The Bertz CT molecular complexity index is 562. The molecule has 1 N–H and O–H groups in total. The monoisotopic (exact) mass is 327 g/mol. The van der Waals surface area contributed by atoms with E-state index < -0.39 is 6.10 Å². The van der Waals surface area contributed by atoms with Crippen LogP contribution in [0.3, 0.4) is 0 Å². The summed E-state index contributed by atoms with van der Waals surface area (Å²) in [6, 6.07) is 8.87. The van der Waals surface area contributed by atoms with Crippen molar-refractivity contribution in [3.8, 4) is 5.75 Å². The highest BCUT2D eigenvalue weighted by Crippen LogP contribution is 2.35. The zero-order valence-corrected chi connectivity index (χ0v) is 11.9. The van der Waals surface area contributed by atoms with Gasteiger partial charge in [0.05, 0.1) is 12.1 Å². The standard InChI is InChI=1S/C13H11BrClNO2/c1-18-10-6-3-7-16-12(10)13(17)8-4-2-5-9(14)11(8)15/h2-7,13,17H,1H3. The van der Waals surface area contributed by atoms with E-state index in [0.29, 0.717) is 22.0 Å². The molecule has 5 heteroatoms. The molecule has 0 radical (unpaired) electrons. The van der Waals surface area contributed by atoms with Gasteiger partial charge in [0.2, 0.25) is 0 Å². The molecule has 0 bridgehead atoms. The summed E-state index contributed by atoms with van der Waals surface area (Å²) in [6.07, 6.45) is 0.679. The zero-order chi connectivity index (χ0) is 13.1. The molecule has 18 heavy (non-hydrogen) atoms. The first-order valence-electron chi connectivity index (χ1n) is 5.26. The van der Waals surface area contributed by atoms with Gasteiger partial charge in [0.15, 0.2) is 0 Å². The van der Waals surface area contributed by atoms with Gasteiger partial charge in [-0.25, -0.2) is 0 Å². The van der Waals surface area contributed by atoms with Crippen LogP contribution in [0.15, 0.2) is 41.0 Å². The van der Waals surface area contributed by atoms with Crippen LogP contribution >= 0.6 is 27.5 Å². The fraction of sp³-hybridized carbons (Fsp3) is 0.154. The number of methoxy groups -OCH3 is 1. The summed E-state index contributed by atoms with van der Waals surface area (Å²) < 4.78 is 5.91. The maximum absolute atomic E-state index is 10.4. The second kappa shape index (κ2) is 5.69. The number of aliphatic hydroxyl groups excluding tert-OH is 1. The van der Waals surface area contributed by atoms with Gasteiger partial charge in [0, 0.05) is 16.2 Å². The Morgan fingerprint density at radius 3 is 2.83 bits per heavy atom. The Balaban J connectivity index is 2.48. The fourth-order valence-corrected chi connectivity index (χ4v) is 2.27. The van der Waals surface area contributed by atoms with E-state index in [2.05, 4.69) is 20.9 Å². The van der Waals surface area contributed by atoms with Gasteiger partial charge in [-0.05, 0) is 34.1 Å². The highest BCUT2D eigenvalue weighted by Gasteiger charge is 2.20. The van der Waals surface area contributed by atoms with Gasteiger partial charge in [-0.2, -0.15) is 0 Å². The van der Waals surface area contributed by atoms with E-state index in [1.54, 1.807) is 24.4 Å². The van der Waals surface area contributed by atoms with Crippen LogP contribution in [0.25, 0.3) is 0 Å². The number of halogens is 2. The lowest BCUT2D eigenvalue weighted by atomic mass is 10.1. The van der Waals surface area contributed by atoms with E-state index in [1.165, 1.54) is 7.11 Å². The number of pyridine rings is 1. The lowest BCUT2D eigenvalue weighted by molar-refractivity contribution is 0.209. The van der Waals surface area contributed by atoms with Gasteiger partial charge in [0.1, 0.15) is 17.5 Å². The normalized spacial score (nSPS) is 12.2. The van der Waals surface area contributed by atoms with Crippen molar-refractivity contribution >= 4 is 27.5 Å². The number of aromatic nitrogens is 1. The molecule has 0 spiro atoms. The van der Waals surface area contributed by atoms with Crippen LogP contribution in [-0.2, 0) is 0 Å². The molecule has 0 aliphatic carbocycles. The molecule has 1 aromatic carbocycles. The van der Waals surface area contributed by atoms with Crippen molar-refractivity contribution in [3.63, 3.8) is 0 Å². The number of aliphatic hydroxyl groups is 1. The number of hydrogen-bond acceptors (Lipinski definition) is 3. The summed E-state index contributed by atoms with van der Waals surface area (Å²) in [7, 11) is 1.54. The predicted octanol–water partition coefficient (Wildman–Crippen LogP) is 3.59. The van der Waals surface area contributed by atoms with Crippen molar-refractivity contribution in [2.75, 3.05) is 7.11 Å². The molecule has 0 fully saturated rings. The molecule has 3 nitrogen and oxygen atoms in total. The lowest BCUT2D eigenvalue weighted by Crippen LogP contribution is -2.05. The molecule has 2 rings (SSSR count). The summed E-state index contributed by atoms with van der Waals surface area (Å²) in [6.45, 7) is 0. The third-order valence-electron chi connectivity index (χ3n) is 2.55. The largest absolute Gasteiger partial charge is 0.495 e. The van der Waals surface area contributed by atoms with E-state index in [1.807, 2.05) is 12.1 Å². The Morgan fingerprint density at radius 1 is 1.33 bits per heavy atom. The molecule has 1 unspecified atom stereocenters. The molecule has 1 atom stereocenters. The second-order valence-corrected chi connectivity index (χ2v) is 4.87. The van der Waals surface area contributed by atoms with Crippen molar-refractivity contribution in [1.29, 1.82) is 0 Å². The van der Waals surface area contributed by atoms with Crippen LogP contribution in [0.2, 0.25) is 5.02 Å². The van der Waals surface area contributed by atoms with Crippen molar-refractivity contribution < 1.29 is 9.84 Å². The molecular formula is C13H11BrClNO2. The Morgan fingerprint density at radius 2 is 2.11 bits per heavy atom. The first-order valence-corrected chi connectivity index (χ1v) is 6.43. The fourth-order valence-electron chi connectivity index (χ4n) is 1.66.